The highest BCUT2D eigenvalue weighted by Gasteiger charge is 2.23. The first-order chi connectivity index (χ1) is 7.04. The maximum atomic E-state index is 13.2. The van der Waals surface area contributed by atoms with E-state index in [1.807, 2.05) is 0 Å². The predicted molar refractivity (Wildman–Crippen MR) is 52.8 cm³/mol. The second kappa shape index (κ2) is 4.79. The minimum absolute atomic E-state index is 0.256. The Hall–Kier alpha value is -0.840. The van der Waals surface area contributed by atoms with Crippen molar-refractivity contribution in [1.82, 2.24) is 0 Å². The highest BCUT2D eigenvalue weighted by Crippen LogP contribution is 2.26. The fourth-order valence-electron chi connectivity index (χ4n) is 1.16. The van der Waals surface area contributed by atoms with Gasteiger partial charge in [-0.25, -0.2) is 17.6 Å². The Labute approximate surface area is 92.7 Å². The molecule has 0 spiro atoms. The van der Waals surface area contributed by atoms with Crippen LogP contribution >= 0.6 is 15.9 Å². The lowest BCUT2D eigenvalue weighted by atomic mass is 10.1. The van der Waals surface area contributed by atoms with Crippen LogP contribution in [0.25, 0.3) is 0 Å². The number of benzene rings is 1. The van der Waals surface area contributed by atoms with E-state index in [2.05, 4.69) is 22.5 Å². The van der Waals surface area contributed by atoms with Crippen molar-refractivity contribution in [2.24, 2.45) is 0 Å². The Morgan fingerprint density at radius 2 is 1.33 bits per heavy atom. The SMILES string of the molecule is C=CCc1c(F)c(F)c(CBr)c(F)c1F. The molecular weight excluding hydrogens is 276 g/mol. The van der Waals surface area contributed by atoms with Crippen LogP contribution < -0.4 is 0 Å². The van der Waals surface area contributed by atoms with E-state index in [9.17, 15) is 17.6 Å². The van der Waals surface area contributed by atoms with E-state index < -0.39 is 34.4 Å². The van der Waals surface area contributed by atoms with Gasteiger partial charge in [-0.3, -0.25) is 0 Å². The minimum Gasteiger partial charge on any atom is -0.203 e. The normalized spacial score (nSPS) is 10.5. The van der Waals surface area contributed by atoms with Gasteiger partial charge in [-0.1, -0.05) is 22.0 Å². The van der Waals surface area contributed by atoms with Crippen LogP contribution in [0.5, 0.6) is 0 Å². The Kier molecular flexibility index (Phi) is 3.90. The highest BCUT2D eigenvalue weighted by molar-refractivity contribution is 9.08. The zero-order chi connectivity index (χ0) is 11.6. The van der Waals surface area contributed by atoms with Crippen LogP contribution in [0.2, 0.25) is 0 Å². The monoisotopic (exact) mass is 282 g/mol. The molecule has 15 heavy (non-hydrogen) atoms. The zero-order valence-electron chi connectivity index (χ0n) is 7.59. The minimum atomic E-state index is -1.36. The van der Waals surface area contributed by atoms with Gasteiger partial charge in [0.15, 0.2) is 23.3 Å². The Morgan fingerprint density at radius 3 is 1.67 bits per heavy atom. The summed E-state index contributed by atoms with van der Waals surface area (Å²) >= 11 is 2.76. The first-order valence-electron chi connectivity index (χ1n) is 4.05. The third-order valence-corrected chi connectivity index (χ3v) is 2.49. The molecule has 0 aliphatic rings. The van der Waals surface area contributed by atoms with Gasteiger partial charge in [0.05, 0.1) is 0 Å². The number of alkyl halides is 1. The predicted octanol–water partition coefficient (Wildman–Crippen LogP) is 3.87. The smallest absolute Gasteiger partial charge is 0.166 e. The quantitative estimate of drug-likeness (QED) is 0.342. The Morgan fingerprint density at radius 1 is 0.933 bits per heavy atom. The molecule has 0 N–H and O–H groups in total. The maximum Gasteiger partial charge on any atom is 0.166 e. The topological polar surface area (TPSA) is 0 Å². The van der Waals surface area contributed by atoms with Gasteiger partial charge < -0.3 is 0 Å². The van der Waals surface area contributed by atoms with E-state index in [0.717, 1.165) is 0 Å². The molecule has 0 radical (unpaired) electrons. The molecule has 0 atom stereocenters. The van der Waals surface area contributed by atoms with Crippen molar-refractivity contribution < 1.29 is 17.6 Å². The van der Waals surface area contributed by atoms with Crippen LogP contribution in [0.1, 0.15) is 11.1 Å². The van der Waals surface area contributed by atoms with Gasteiger partial charge in [-0.15, -0.1) is 6.58 Å². The van der Waals surface area contributed by atoms with Gasteiger partial charge in [0.1, 0.15) is 0 Å². The molecule has 1 aromatic rings. The molecular formula is C10H7BrF4. The van der Waals surface area contributed by atoms with Gasteiger partial charge in [0, 0.05) is 16.5 Å². The van der Waals surface area contributed by atoms with Gasteiger partial charge in [-0.05, 0) is 6.42 Å². The summed E-state index contributed by atoms with van der Waals surface area (Å²) in [5.41, 5.74) is -1.28. The summed E-state index contributed by atoms with van der Waals surface area (Å²) in [5.74, 6) is -5.43. The molecule has 0 amide bonds. The van der Waals surface area contributed by atoms with E-state index >= 15 is 0 Å². The van der Waals surface area contributed by atoms with Crippen molar-refractivity contribution in [2.45, 2.75) is 11.8 Å². The molecule has 0 bridgehead atoms. The van der Waals surface area contributed by atoms with Crippen LogP contribution in [0.15, 0.2) is 12.7 Å². The average molecular weight is 283 g/mol. The van der Waals surface area contributed by atoms with E-state index in [1.54, 1.807) is 0 Å². The Bertz CT molecular complexity index is 372. The van der Waals surface area contributed by atoms with Crippen LogP contribution in [0, 0.1) is 23.3 Å². The second-order valence-corrected chi connectivity index (χ2v) is 3.40. The number of hydrogen-bond acceptors (Lipinski definition) is 0. The molecule has 1 aromatic carbocycles. The lowest BCUT2D eigenvalue weighted by molar-refractivity contribution is 0.433. The summed E-state index contributed by atoms with van der Waals surface area (Å²) in [5, 5.41) is -0.285. The fourth-order valence-corrected chi connectivity index (χ4v) is 1.66. The summed E-state index contributed by atoms with van der Waals surface area (Å²) in [7, 11) is 0. The summed E-state index contributed by atoms with van der Waals surface area (Å²) in [4.78, 5) is 0. The molecule has 82 valence electrons. The standard InChI is InChI=1S/C10H7BrF4/c1-2-3-5-7(12)9(14)6(4-11)10(15)8(5)13/h2H,1,3-4H2. The lowest BCUT2D eigenvalue weighted by Crippen LogP contribution is -2.07. The zero-order valence-corrected chi connectivity index (χ0v) is 9.17. The number of hydrogen-bond donors (Lipinski definition) is 0. The highest BCUT2D eigenvalue weighted by atomic mass is 79.9. The molecule has 0 nitrogen and oxygen atoms in total. The van der Waals surface area contributed by atoms with Crippen LogP contribution in [0.3, 0.4) is 0 Å². The number of allylic oxidation sites excluding steroid dienone is 1. The molecule has 0 saturated heterocycles. The van der Waals surface area contributed by atoms with Crippen molar-refractivity contribution in [1.29, 1.82) is 0 Å². The summed E-state index contributed by atoms with van der Waals surface area (Å²) in [6, 6.07) is 0. The third-order valence-electron chi connectivity index (χ3n) is 1.93. The van der Waals surface area contributed by atoms with E-state index in [0.29, 0.717) is 0 Å². The molecule has 1 rings (SSSR count). The molecule has 0 fully saturated rings. The number of rotatable bonds is 3. The molecule has 0 unspecified atom stereocenters. The van der Waals surface area contributed by atoms with Crippen molar-refractivity contribution in [3.63, 3.8) is 0 Å². The fraction of sp³-hybridized carbons (Fsp3) is 0.200. The Balaban J connectivity index is 3.50. The summed E-state index contributed by atoms with van der Waals surface area (Å²) in [6.45, 7) is 3.25. The van der Waals surface area contributed by atoms with Crippen LogP contribution in [-0.4, -0.2) is 0 Å². The molecule has 0 aromatic heterocycles. The third kappa shape index (κ3) is 2.07. The first-order valence-corrected chi connectivity index (χ1v) is 5.17. The first kappa shape index (κ1) is 12.2. The van der Waals surface area contributed by atoms with Crippen molar-refractivity contribution >= 4 is 15.9 Å². The van der Waals surface area contributed by atoms with Crippen molar-refractivity contribution in [2.75, 3.05) is 0 Å². The van der Waals surface area contributed by atoms with Gasteiger partial charge >= 0.3 is 0 Å². The average Bonchev–Trinajstić information content (AvgIpc) is 2.23. The molecule has 0 aliphatic carbocycles. The van der Waals surface area contributed by atoms with E-state index in [1.165, 1.54) is 6.08 Å². The summed E-state index contributed by atoms with van der Waals surface area (Å²) in [6.07, 6.45) is 0.919. The molecule has 0 heterocycles. The molecule has 5 heteroatoms. The second-order valence-electron chi connectivity index (χ2n) is 2.84. The van der Waals surface area contributed by atoms with Crippen molar-refractivity contribution in [3.8, 4) is 0 Å². The van der Waals surface area contributed by atoms with E-state index in [4.69, 9.17) is 0 Å². The van der Waals surface area contributed by atoms with E-state index in [-0.39, 0.29) is 11.8 Å². The van der Waals surface area contributed by atoms with Crippen molar-refractivity contribution in [3.05, 3.63) is 47.1 Å². The summed E-state index contributed by atoms with van der Waals surface area (Å²) < 4.78 is 52.8. The largest absolute Gasteiger partial charge is 0.203 e. The lowest BCUT2D eigenvalue weighted by Gasteiger charge is -2.08. The maximum absolute atomic E-state index is 13.2. The van der Waals surface area contributed by atoms with Crippen LogP contribution in [-0.2, 0) is 11.8 Å². The molecule has 0 saturated carbocycles. The van der Waals surface area contributed by atoms with Crippen LogP contribution in [0.4, 0.5) is 17.6 Å². The van der Waals surface area contributed by atoms with Gasteiger partial charge in [0.2, 0.25) is 0 Å². The van der Waals surface area contributed by atoms with Gasteiger partial charge in [0.25, 0.3) is 0 Å². The molecule has 0 aliphatic heterocycles. The number of halogens is 5. The van der Waals surface area contributed by atoms with Gasteiger partial charge in [-0.2, -0.15) is 0 Å².